The first kappa shape index (κ1) is 7.33. The van der Waals surface area contributed by atoms with E-state index in [0.29, 0.717) is 5.76 Å². The summed E-state index contributed by atoms with van der Waals surface area (Å²) >= 11 is 5.55. The summed E-state index contributed by atoms with van der Waals surface area (Å²) < 4.78 is 10.2. The first-order valence-electron chi connectivity index (χ1n) is 2.55. The van der Waals surface area contributed by atoms with Crippen LogP contribution in [0.5, 0.6) is 0 Å². The molecule has 0 aromatic rings. The molecular weight excluding hydrogens is 158 g/mol. The molecule has 4 heteroatoms. The fourth-order valence-electron chi connectivity index (χ4n) is 0.446. The zero-order valence-electron chi connectivity index (χ0n) is 5.35. The van der Waals surface area contributed by atoms with E-state index < -0.39 is 13.3 Å². The van der Waals surface area contributed by atoms with E-state index in [4.69, 9.17) is 20.3 Å². The molecule has 9 heavy (non-hydrogen) atoms. The molecule has 1 fully saturated rings. The van der Waals surface area contributed by atoms with E-state index in [1.54, 1.807) is 0 Å². The first-order chi connectivity index (χ1) is 4.02. The summed E-state index contributed by atoms with van der Waals surface area (Å²) in [4.78, 5) is 0. The van der Waals surface area contributed by atoms with Gasteiger partial charge in [-0.3, -0.25) is 4.52 Å². The van der Waals surface area contributed by atoms with E-state index in [1.165, 1.54) is 0 Å². The minimum absolute atomic E-state index is 0.395. The maximum atomic E-state index is 5.55. The third-order valence-corrected chi connectivity index (χ3v) is 2.53. The molecule has 1 rings (SSSR count). The summed E-state index contributed by atoms with van der Waals surface area (Å²) in [6.45, 7) is 7.39. The summed E-state index contributed by atoms with van der Waals surface area (Å²) in [6, 6.07) is 0. The van der Waals surface area contributed by atoms with Crippen LogP contribution in [0.1, 0.15) is 13.8 Å². The third-order valence-electron chi connectivity index (χ3n) is 1.15. The average Bonchev–Trinajstić information content (AvgIpc) is 1.79. The van der Waals surface area contributed by atoms with Crippen LogP contribution in [0.15, 0.2) is 12.3 Å². The molecule has 0 amide bonds. The number of hydrogen-bond donors (Lipinski definition) is 0. The fourth-order valence-corrected chi connectivity index (χ4v) is 2.10. The van der Waals surface area contributed by atoms with E-state index in [0.717, 1.165) is 0 Å². The van der Waals surface area contributed by atoms with E-state index in [1.807, 2.05) is 13.8 Å². The van der Waals surface area contributed by atoms with Crippen LogP contribution in [0.4, 0.5) is 0 Å². The highest BCUT2D eigenvalue weighted by atomic mass is 35.7. The highest BCUT2D eigenvalue weighted by molar-refractivity contribution is 7.76. The van der Waals surface area contributed by atoms with Gasteiger partial charge in [0.05, 0.1) is 0 Å². The average molecular weight is 167 g/mol. The SMILES string of the molecule is C=C1OP(Cl)OC1(C)C. The van der Waals surface area contributed by atoms with Crippen LogP contribution in [0.25, 0.3) is 0 Å². The summed E-state index contributed by atoms with van der Waals surface area (Å²) in [5.41, 5.74) is -0.395. The lowest BCUT2D eigenvalue weighted by Crippen LogP contribution is -2.17. The normalized spacial score (nSPS) is 32.3. The van der Waals surface area contributed by atoms with Crippen LogP contribution in [0.3, 0.4) is 0 Å². The van der Waals surface area contributed by atoms with Crippen LogP contribution >= 0.6 is 19.0 Å². The second-order valence-corrected chi connectivity index (χ2v) is 3.95. The van der Waals surface area contributed by atoms with Crippen LogP contribution in [-0.2, 0) is 9.05 Å². The summed E-state index contributed by atoms with van der Waals surface area (Å²) in [6.07, 6.45) is 0. The highest BCUT2D eigenvalue weighted by Gasteiger charge is 2.37. The largest absolute Gasteiger partial charge is 0.438 e. The van der Waals surface area contributed by atoms with Gasteiger partial charge in [0.15, 0.2) is 0 Å². The maximum Gasteiger partial charge on any atom is 0.339 e. The third kappa shape index (κ3) is 1.37. The molecule has 0 aliphatic carbocycles. The van der Waals surface area contributed by atoms with Crippen LogP contribution in [-0.4, -0.2) is 5.60 Å². The molecule has 0 N–H and O–H groups in total. The van der Waals surface area contributed by atoms with Gasteiger partial charge in [0.25, 0.3) is 0 Å². The summed E-state index contributed by atoms with van der Waals surface area (Å²) in [5, 5.41) is 0. The van der Waals surface area contributed by atoms with Crippen molar-refractivity contribution in [1.29, 1.82) is 0 Å². The molecule has 0 saturated carbocycles. The molecule has 52 valence electrons. The van der Waals surface area contributed by atoms with Gasteiger partial charge in [-0.2, -0.15) is 0 Å². The number of halogens is 1. The van der Waals surface area contributed by atoms with Gasteiger partial charge in [0.2, 0.25) is 0 Å². The minimum atomic E-state index is -1.22. The fraction of sp³-hybridized carbons (Fsp3) is 0.600. The van der Waals surface area contributed by atoms with Crippen molar-refractivity contribution in [3.05, 3.63) is 12.3 Å². The summed E-state index contributed by atoms with van der Waals surface area (Å²) in [7, 11) is -1.22. The molecule has 2 nitrogen and oxygen atoms in total. The Balaban J connectivity index is 2.70. The summed E-state index contributed by atoms with van der Waals surface area (Å²) in [5.74, 6) is 0.614. The quantitative estimate of drug-likeness (QED) is 0.515. The standard InChI is InChI=1S/C5H8ClO2P/c1-4-5(2,3)8-9(6)7-4/h1H2,2-3H3. The van der Waals surface area contributed by atoms with E-state index in [-0.39, 0.29) is 0 Å². The molecule has 0 aromatic heterocycles. The molecule has 0 radical (unpaired) electrons. The van der Waals surface area contributed by atoms with E-state index in [9.17, 15) is 0 Å². The monoisotopic (exact) mass is 166 g/mol. The Kier molecular flexibility index (Phi) is 1.73. The Hall–Kier alpha value is 0.220. The minimum Gasteiger partial charge on any atom is -0.438 e. The first-order valence-corrected chi connectivity index (χ1v) is 4.63. The van der Waals surface area contributed by atoms with Gasteiger partial charge in [-0.1, -0.05) is 6.58 Å². The predicted octanol–water partition coefficient (Wildman–Crippen LogP) is 2.79. The van der Waals surface area contributed by atoms with Crippen molar-refractivity contribution in [3.63, 3.8) is 0 Å². The molecular formula is C5H8ClO2P. The van der Waals surface area contributed by atoms with Gasteiger partial charge in [-0.15, -0.1) is 0 Å². The van der Waals surface area contributed by atoms with Gasteiger partial charge in [-0.25, -0.2) is 0 Å². The molecule has 1 heterocycles. The molecule has 1 aliphatic rings. The number of hydrogen-bond acceptors (Lipinski definition) is 2. The molecule has 1 atom stereocenters. The predicted molar refractivity (Wildman–Crippen MR) is 38.2 cm³/mol. The van der Waals surface area contributed by atoms with Crippen molar-refractivity contribution < 1.29 is 9.05 Å². The lowest BCUT2D eigenvalue weighted by atomic mass is 10.1. The van der Waals surface area contributed by atoms with E-state index in [2.05, 4.69) is 6.58 Å². The van der Waals surface area contributed by atoms with Crippen molar-refractivity contribution in [2.45, 2.75) is 19.4 Å². The van der Waals surface area contributed by atoms with E-state index >= 15 is 0 Å². The van der Waals surface area contributed by atoms with Gasteiger partial charge in [-0.05, 0) is 25.1 Å². The van der Waals surface area contributed by atoms with Gasteiger partial charge >= 0.3 is 7.73 Å². The van der Waals surface area contributed by atoms with Crippen molar-refractivity contribution in [1.82, 2.24) is 0 Å². The molecule has 1 saturated heterocycles. The lowest BCUT2D eigenvalue weighted by Gasteiger charge is -2.12. The van der Waals surface area contributed by atoms with Gasteiger partial charge in [0, 0.05) is 0 Å². The Bertz CT molecular complexity index is 146. The van der Waals surface area contributed by atoms with Crippen molar-refractivity contribution >= 4 is 19.0 Å². The highest BCUT2D eigenvalue weighted by Crippen LogP contribution is 2.57. The molecule has 1 unspecified atom stereocenters. The second-order valence-electron chi connectivity index (χ2n) is 2.33. The molecule has 0 bridgehead atoms. The zero-order valence-corrected chi connectivity index (χ0v) is 7.00. The Morgan fingerprint density at radius 2 is 2.22 bits per heavy atom. The molecule has 1 aliphatic heterocycles. The Morgan fingerprint density at radius 1 is 1.67 bits per heavy atom. The van der Waals surface area contributed by atoms with Gasteiger partial charge in [0.1, 0.15) is 11.4 Å². The van der Waals surface area contributed by atoms with Crippen molar-refractivity contribution in [2.24, 2.45) is 0 Å². The molecule has 0 aromatic carbocycles. The maximum absolute atomic E-state index is 5.55. The van der Waals surface area contributed by atoms with Crippen molar-refractivity contribution in [3.8, 4) is 0 Å². The van der Waals surface area contributed by atoms with Crippen LogP contribution in [0, 0.1) is 0 Å². The topological polar surface area (TPSA) is 18.5 Å². The van der Waals surface area contributed by atoms with Crippen LogP contribution < -0.4 is 0 Å². The zero-order chi connectivity index (χ0) is 7.07. The smallest absolute Gasteiger partial charge is 0.339 e. The number of rotatable bonds is 0. The van der Waals surface area contributed by atoms with Crippen LogP contribution in [0.2, 0.25) is 0 Å². The van der Waals surface area contributed by atoms with Crippen molar-refractivity contribution in [2.75, 3.05) is 0 Å². The Morgan fingerprint density at radius 3 is 2.33 bits per heavy atom. The Labute approximate surface area is 60.5 Å². The lowest BCUT2D eigenvalue weighted by molar-refractivity contribution is 0.186. The molecule has 0 spiro atoms. The van der Waals surface area contributed by atoms with Gasteiger partial charge < -0.3 is 4.52 Å². The second kappa shape index (κ2) is 2.12.